The van der Waals surface area contributed by atoms with Crippen LogP contribution in [0, 0.1) is 5.82 Å². The lowest BCUT2D eigenvalue weighted by Gasteiger charge is -2.02. The number of aromatic nitrogens is 3. The van der Waals surface area contributed by atoms with Crippen molar-refractivity contribution in [3.63, 3.8) is 0 Å². The molecule has 1 unspecified atom stereocenters. The predicted octanol–water partition coefficient (Wildman–Crippen LogP) is 2.28. The molecule has 4 nitrogen and oxygen atoms in total. The van der Waals surface area contributed by atoms with Crippen LogP contribution in [0.25, 0.3) is 0 Å². The first-order valence-electron chi connectivity index (χ1n) is 5.07. The number of hydrogen-bond donors (Lipinski definition) is 1. The molecule has 0 spiro atoms. The zero-order valence-corrected chi connectivity index (χ0v) is 10.7. The van der Waals surface area contributed by atoms with Gasteiger partial charge in [-0.3, -0.25) is 0 Å². The number of rotatable bonds is 3. The maximum atomic E-state index is 13.1. The highest BCUT2D eigenvalue weighted by molar-refractivity contribution is 9.10. The van der Waals surface area contributed by atoms with Gasteiger partial charge in [0.1, 0.15) is 11.5 Å². The molecule has 1 N–H and O–H groups in total. The highest BCUT2D eigenvalue weighted by Gasteiger charge is 2.07. The summed E-state index contributed by atoms with van der Waals surface area (Å²) in [6, 6.07) is 4.65. The average Bonchev–Trinajstić information content (AvgIpc) is 2.64. The second-order valence-electron chi connectivity index (χ2n) is 3.79. The summed E-state index contributed by atoms with van der Waals surface area (Å²) in [4.78, 5) is 0. The van der Waals surface area contributed by atoms with E-state index in [1.165, 1.54) is 12.1 Å². The Kier molecular flexibility index (Phi) is 3.54. The van der Waals surface area contributed by atoms with E-state index in [9.17, 15) is 9.50 Å². The Labute approximate surface area is 106 Å². The molecule has 1 atom stereocenters. The Bertz CT molecular complexity index is 507. The number of benzene rings is 1. The van der Waals surface area contributed by atoms with Crippen LogP contribution in [0.15, 0.2) is 28.9 Å². The molecular formula is C11H11BrFN3O. The Morgan fingerprint density at radius 2 is 2.24 bits per heavy atom. The quantitative estimate of drug-likeness (QED) is 0.946. The SMILES string of the molecule is CC(O)c1cn(Cc2cc(F)cc(Br)c2)nn1. The van der Waals surface area contributed by atoms with Gasteiger partial charge in [-0.25, -0.2) is 9.07 Å². The molecule has 0 radical (unpaired) electrons. The summed E-state index contributed by atoms with van der Waals surface area (Å²) < 4.78 is 15.4. The van der Waals surface area contributed by atoms with Gasteiger partial charge in [0.25, 0.3) is 0 Å². The second kappa shape index (κ2) is 4.93. The molecule has 2 aromatic rings. The van der Waals surface area contributed by atoms with Crippen molar-refractivity contribution in [2.24, 2.45) is 0 Å². The largest absolute Gasteiger partial charge is 0.387 e. The van der Waals surface area contributed by atoms with Crippen LogP contribution in [0.1, 0.15) is 24.3 Å². The van der Waals surface area contributed by atoms with E-state index in [2.05, 4.69) is 26.2 Å². The van der Waals surface area contributed by atoms with Crippen molar-refractivity contribution >= 4 is 15.9 Å². The third kappa shape index (κ3) is 3.10. The lowest BCUT2D eigenvalue weighted by molar-refractivity contribution is 0.194. The summed E-state index contributed by atoms with van der Waals surface area (Å²) in [5, 5.41) is 17.0. The summed E-state index contributed by atoms with van der Waals surface area (Å²) in [6.45, 7) is 2.03. The van der Waals surface area contributed by atoms with Crippen LogP contribution in [0.3, 0.4) is 0 Å². The van der Waals surface area contributed by atoms with Crippen molar-refractivity contribution < 1.29 is 9.50 Å². The molecule has 1 heterocycles. The Morgan fingerprint density at radius 3 is 2.82 bits per heavy atom. The standard InChI is InChI=1S/C11H11BrFN3O/c1-7(17)11-6-16(15-14-11)5-8-2-9(12)4-10(13)3-8/h2-4,6-7,17H,5H2,1H3. The van der Waals surface area contributed by atoms with Gasteiger partial charge in [-0.1, -0.05) is 21.1 Å². The topological polar surface area (TPSA) is 50.9 Å². The monoisotopic (exact) mass is 299 g/mol. The van der Waals surface area contributed by atoms with E-state index >= 15 is 0 Å². The van der Waals surface area contributed by atoms with Gasteiger partial charge in [-0.15, -0.1) is 5.10 Å². The van der Waals surface area contributed by atoms with Gasteiger partial charge in [0.2, 0.25) is 0 Å². The molecule has 2 rings (SSSR count). The minimum absolute atomic E-state index is 0.301. The molecule has 0 saturated heterocycles. The van der Waals surface area contributed by atoms with Crippen LogP contribution < -0.4 is 0 Å². The van der Waals surface area contributed by atoms with Crippen LogP contribution in [-0.4, -0.2) is 20.1 Å². The lowest BCUT2D eigenvalue weighted by atomic mass is 10.2. The van der Waals surface area contributed by atoms with E-state index in [4.69, 9.17) is 0 Å². The van der Waals surface area contributed by atoms with Crippen molar-refractivity contribution in [3.8, 4) is 0 Å². The molecule has 0 aliphatic rings. The van der Waals surface area contributed by atoms with Crippen LogP contribution in [0.2, 0.25) is 0 Å². The van der Waals surface area contributed by atoms with E-state index in [-0.39, 0.29) is 5.82 Å². The first-order chi connectivity index (χ1) is 8.04. The molecule has 1 aromatic heterocycles. The molecular weight excluding hydrogens is 289 g/mol. The van der Waals surface area contributed by atoms with Gasteiger partial charge in [-0.05, 0) is 30.7 Å². The summed E-state index contributed by atoms with van der Waals surface area (Å²) in [7, 11) is 0. The van der Waals surface area contributed by atoms with Crippen molar-refractivity contribution in [1.29, 1.82) is 0 Å². The fraction of sp³-hybridized carbons (Fsp3) is 0.273. The first-order valence-corrected chi connectivity index (χ1v) is 5.87. The van der Waals surface area contributed by atoms with Gasteiger partial charge >= 0.3 is 0 Å². The molecule has 6 heteroatoms. The number of hydrogen-bond acceptors (Lipinski definition) is 3. The predicted molar refractivity (Wildman–Crippen MR) is 63.9 cm³/mol. The minimum Gasteiger partial charge on any atom is -0.387 e. The zero-order chi connectivity index (χ0) is 12.4. The van der Waals surface area contributed by atoms with Gasteiger partial charge in [-0.2, -0.15) is 0 Å². The van der Waals surface area contributed by atoms with E-state index in [1.54, 1.807) is 17.8 Å². The van der Waals surface area contributed by atoms with Crippen molar-refractivity contribution in [2.45, 2.75) is 19.6 Å². The van der Waals surface area contributed by atoms with Crippen LogP contribution in [0.5, 0.6) is 0 Å². The van der Waals surface area contributed by atoms with Gasteiger partial charge in [0.15, 0.2) is 0 Å². The van der Waals surface area contributed by atoms with E-state index in [1.807, 2.05) is 6.07 Å². The minimum atomic E-state index is -0.650. The van der Waals surface area contributed by atoms with Crippen LogP contribution in [-0.2, 0) is 6.54 Å². The van der Waals surface area contributed by atoms with Gasteiger partial charge in [0.05, 0.1) is 18.8 Å². The molecule has 17 heavy (non-hydrogen) atoms. The fourth-order valence-corrected chi connectivity index (χ4v) is 1.98. The molecule has 0 fully saturated rings. The maximum absolute atomic E-state index is 13.1. The lowest BCUT2D eigenvalue weighted by Crippen LogP contribution is -2.01. The van der Waals surface area contributed by atoms with Gasteiger partial charge < -0.3 is 5.11 Å². The van der Waals surface area contributed by atoms with E-state index in [0.717, 1.165) is 5.56 Å². The Hall–Kier alpha value is -1.27. The average molecular weight is 300 g/mol. The molecule has 1 aromatic carbocycles. The number of aliphatic hydroxyl groups is 1. The summed E-state index contributed by atoms with van der Waals surface area (Å²) >= 11 is 3.23. The Morgan fingerprint density at radius 1 is 1.47 bits per heavy atom. The number of aliphatic hydroxyl groups excluding tert-OH is 1. The first kappa shape index (κ1) is 12.2. The molecule has 0 bridgehead atoms. The summed E-state index contributed by atoms with van der Waals surface area (Å²) in [6.07, 6.45) is 0.992. The molecule has 0 saturated carbocycles. The Balaban J connectivity index is 2.19. The fourth-order valence-electron chi connectivity index (χ4n) is 1.47. The summed E-state index contributed by atoms with van der Waals surface area (Å²) in [5.74, 6) is -0.301. The third-order valence-electron chi connectivity index (χ3n) is 2.25. The van der Waals surface area contributed by atoms with Crippen molar-refractivity contribution in [3.05, 3.63) is 45.9 Å². The smallest absolute Gasteiger partial charge is 0.124 e. The highest BCUT2D eigenvalue weighted by Crippen LogP contribution is 2.16. The number of nitrogens with zero attached hydrogens (tertiary/aromatic N) is 3. The van der Waals surface area contributed by atoms with Crippen molar-refractivity contribution in [2.75, 3.05) is 0 Å². The highest BCUT2D eigenvalue weighted by atomic mass is 79.9. The van der Waals surface area contributed by atoms with Crippen molar-refractivity contribution in [1.82, 2.24) is 15.0 Å². The number of halogens is 2. The molecule has 0 aliphatic carbocycles. The van der Waals surface area contributed by atoms with Crippen LogP contribution >= 0.6 is 15.9 Å². The van der Waals surface area contributed by atoms with Gasteiger partial charge in [0, 0.05) is 4.47 Å². The maximum Gasteiger partial charge on any atom is 0.124 e. The molecule has 90 valence electrons. The second-order valence-corrected chi connectivity index (χ2v) is 4.71. The third-order valence-corrected chi connectivity index (χ3v) is 2.71. The summed E-state index contributed by atoms with van der Waals surface area (Å²) in [5.41, 5.74) is 1.28. The van der Waals surface area contributed by atoms with Crippen LogP contribution in [0.4, 0.5) is 4.39 Å². The van der Waals surface area contributed by atoms with E-state index in [0.29, 0.717) is 16.7 Å². The molecule has 0 amide bonds. The normalized spacial score (nSPS) is 12.7. The zero-order valence-electron chi connectivity index (χ0n) is 9.14. The molecule has 0 aliphatic heterocycles. The van der Waals surface area contributed by atoms with E-state index < -0.39 is 6.10 Å².